The van der Waals surface area contributed by atoms with Gasteiger partial charge in [-0.2, -0.15) is 0 Å². The Kier molecular flexibility index (Phi) is 6.95. The maximum Gasteiger partial charge on any atom is 0.317 e. The van der Waals surface area contributed by atoms with Crippen LogP contribution >= 0.6 is 11.8 Å². The van der Waals surface area contributed by atoms with Gasteiger partial charge in [-0.15, -0.1) is 11.8 Å². The molecule has 106 valence electrons. The van der Waals surface area contributed by atoms with Gasteiger partial charge in [0.05, 0.1) is 6.54 Å². The number of aryl methyl sites for hydroxylation is 1. The Morgan fingerprint density at radius 3 is 2.47 bits per heavy atom. The number of nitrogens with zero attached hydrogens (tertiary/aromatic N) is 1. The number of aliphatic carboxylic acids is 1. The van der Waals surface area contributed by atoms with Gasteiger partial charge in [0.25, 0.3) is 0 Å². The number of hydrogen-bond acceptors (Lipinski definition) is 3. The summed E-state index contributed by atoms with van der Waals surface area (Å²) in [6.45, 7) is 8.08. The van der Waals surface area contributed by atoms with Crippen molar-refractivity contribution in [2.24, 2.45) is 5.92 Å². The number of hydrogen-bond donors (Lipinski definition) is 1. The molecule has 0 fully saturated rings. The molecule has 0 heterocycles. The van der Waals surface area contributed by atoms with Crippen LogP contribution in [-0.4, -0.2) is 41.4 Å². The van der Waals surface area contributed by atoms with E-state index in [0.29, 0.717) is 5.92 Å². The second kappa shape index (κ2) is 8.23. The third-order valence-corrected chi connectivity index (χ3v) is 3.67. The lowest BCUT2D eigenvalue weighted by Gasteiger charge is -2.21. The van der Waals surface area contributed by atoms with Crippen molar-refractivity contribution in [3.05, 3.63) is 29.8 Å². The smallest absolute Gasteiger partial charge is 0.317 e. The molecule has 0 bridgehead atoms. The van der Waals surface area contributed by atoms with Gasteiger partial charge in [0.1, 0.15) is 0 Å². The van der Waals surface area contributed by atoms with E-state index in [-0.39, 0.29) is 6.54 Å². The number of carboxylic acid groups (broad SMARTS) is 1. The zero-order valence-electron chi connectivity index (χ0n) is 11.9. The van der Waals surface area contributed by atoms with Gasteiger partial charge in [-0.3, -0.25) is 9.69 Å². The van der Waals surface area contributed by atoms with Crippen LogP contribution < -0.4 is 0 Å². The van der Waals surface area contributed by atoms with Crippen LogP contribution in [0.2, 0.25) is 0 Å². The third kappa shape index (κ3) is 7.23. The van der Waals surface area contributed by atoms with Gasteiger partial charge < -0.3 is 5.11 Å². The molecular weight excluding hydrogens is 258 g/mol. The second-order valence-electron chi connectivity index (χ2n) is 5.18. The van der Waals surface area contributed by atoms with E-state index in [4.69, 9.17) is 5.11 Å². The third-order valence-electron chi connectivity index (χ3n) is 2.68. The van der Waals surface area contributed by atoms with E-state index in [1.165, 1.54) is 10.5 Å². The van der Waals surface area contributed by atoms with Gasteiger partial charge in [0, 0.05) is 23.7 Å². The Morgan fingerprint density at radius 1 is 1.32 bits per heavy atom. The molecule has 0 aliphatic carbocycles. The molecule has 0 atom stereocenters. The topological polar surface area (TPSA) is 40.5 Å². The monoisotopic (exact) mass is 281 g/mol. The largest absolute Gasteiger partial charge is 0.480 e. The molecule has 0 aliphatic heterocycles. The van der Waals surface area contributed by atoms with Crippen LogP contribution in [-0.2, 0) is 4.79 Å². The van der Waals surface area contributed by atoms with Crippen molar-refractivity contribution < 1.29 is 9.90 Å². The lowest BCUT2D eigenvalue weighted by atomic mass is 10.2. The molecule has 0 spiro atoms. The molecule has 0 aliphatic rings. The first kappa shape index (κ1) is 16.1. The van der Waals surface area contributed by atoms with Gasteiger partial charge >= 0.3 is 5.97 Å². The van der Waals surface area contributed by atoms with E-state index in [2.05, 4.69) is 45.0 Å². The normalized spacial score (nSPS) is 11.2. The summed E-state index contributed by atoms with van der Waals surface area (Å²) in [6, 6.07) is 8.44. The Morgan fingerprint density at radius 2 is 1.95 bits per heavy atom. The zero-order chi connectivity index (χ0) is 14.3. The minimum atomic E-state index is -0.749. The minimum Gasteiger partial charge on any atom is -0.480 e. The van der Waals surface area contributed by atoms with Crippen LogP contribution in [0.4, 0.5) is 0 Å². The minimum absolute atomic E-state index is 0.132. The van der Waals surface area contributed by atoms with Crippen molar-refractivity contribution in [1.82, 2.24) is 4.90 Å². The molecule has 0 amide bonds. The van der Waals surface area contributed by atoms with Gasteiger partial charge in [-0.05, 0) is 25.0 Å². The van der Waals surface area contributed by atoms with Crippen molar-refractivity contribution >= 4 is 17.7 Å². The SMILES string of the molecule is Cc1ccc(SCCN(CC(=O)O)CC(C)C)cc1. The number of carbonyl (C=O) groups is 1. The first-order valence-corrected chi connectivity index (χ1v) is 7.59. The van der Waals surface area contributed by atoms with Crippen LogP contribution in [0, 0.1) is 12.8 Å². The highest BCUT2D eigenvalue weighted by Crippen LogP contribution is 2.18. The molecule has 0 unspecified atom stereocenters. The number of carboxylic acids is 1. The van der Waals surface area contributed by atoms with Crippen LogP contribution in [0.15, 0.2) is 29.2 Å². The molecule has 3 nitrogen and oxygen atoms in total. The summed E-state index contributed by atoms with van der Waals surface area (Å²) in [4.78, 5) is 14.1. The Balaban J connectivity index is 2.38. The highest BCUT2D eigenvalue weighted by molar-refractivity contribution is 7.99. The van der Waals surface area contributed by atoms with Crippen molar-refractivity contribution in [2.45, 2.75) is 25.7 Å². The summed E-state index contributed by atoms with van der Waals surface area (Å²) in [5.41, 5.74) is 1.26. The van der Waals surface area contributed by atoms with Crippen LogP contribution in [0.25, 0.3) is 0 Å². The van der Waals surface area contributed by atoms with Gasteiger partial charge in [-0.25, -0.2) is 0 Å². The molecule has 1 aromatic carbocycles. The average molecular weight is 281 g/mol. The summed E-state index contributed by atoms with van der Waals surface area (Å²) >= 11 is 1.78. The molecule has 0 radical (unpaired) electrons. The second-order valence-corrected chi connectivity index (χ2v) is 6.35. The summed E-state index contributed by atoms with van der Waals surface area (Å²) in [5, 5.41) is 8.90. The highest BCUT2D eigenvalue weighted by atomic mass is 32.2. The average Bonchev–Trinajstić information content (AvgIpc) is 2.30. The first-order valence-electron chi connectivity index (χ1n) is 6.61. The molecule has 4 heteroatoms. The molecule has 0 saturated heterocycles. The lowest BCUT2D eigenvalue weighted by molar-refractivity contribution is -0.138. The predicted molar refractivity (Wildman–Crippen MR) is 80.8 cm³/mol. The standard InChI is InChI=1S/C15H23NO2S/c1-12(2)10-16(11-15(17)18)8-9-19-14-6-4-13(3)5-7-14/h4-7,12H,8-11H2,1-3H3,(H,17,18). The summed E-state index contributed by atoms with van der Waals surface area (Å²) < 4.78 is 0. The van der Waals surface area contributed by atoms with Crippen LogP contribution in [0.1, 0.15) is 19.4 Å². The Hall–Kier alpha value is -1.00. The van der Waals surface area contributed by atoms with Crippen molar-refractivity contribution in [3.8, 4) is 0 Å². The van der Waals surface area contributed by atoms with Crippen molar-refractivity contribution in [2.75, 3.05) is 25.4 Å². The summed E-state index contributed by atoms with van der Waals surface area (Å²) in [5.74, 6) is 0.660. The van der Waals surface area contributed by atoms with E-state index in [1.807, 2.05) is 4.90 Å². The molecule has 0 saturated carbocycles. The summed E-state index contributed by atoms with van der Waals surface area (Å²) in [6.07, 6.45) is 0. The molecule has 1 rings (SSSR count). The Labute approximate surface area is 120 Å². The number of rotatable bonds is 8. The fourth-order valence-electron chi connectivity index (χ4n) is 1.87. The molecule has 19 heavy (non-hydrogen) atoms. The van der Waals surface area contributed by atoms with E-state index < -0.39 is 5.97 Å². The maximum atomic E-state index is 10.8. The fraction of sp³-hybridized carbons (Fsp3) is 0.533. The highest BCUT2D eigenvalue weighted by Gasteiger charge is 2.11. The zero-order valence-corrected chi connectivity index (χ0v) is 12.7. The fourth-order valence-corrected chi connectivity index (χ4v) is 2.78. The Bertz CT molecular complexity index is 390. The van der Waals surface area contributed by atoms with E-state index in [1.54, 1.807) is 11.8 Å². The van der Waals surface area contributed by atoms with E-state index >= 15 is 0 Å². The van der Waals surface area contributed by atoms with Crippen LogP contribution in [0.5, 0.6) is 0 Å². The molecular formula is C15H23NO2S. The van der Waals surface area contributed by atoms with Crippen LogP contribution in [0.3, 0.4) is 0 Å². The van der Waals surface area contributed by atoms with Gasteiger partial charge in [0.2, 0.25) is 0 Å². The van der Waals surface area contributed by atoms with Gasteiger partial charge in [0.15, 0.2) is 0 Å². The summed E-state index contributed by atoms with van der Waals surface area (Å²) in [7, 11) is 0. The molecule has 1 aromatic rings. The molecule has 0 aromatic heterocycles. The predicted octanol–water partition coefficient (Wildman–Crippen LogP) is 3.13. The first-order chi connectivity index (χ1) is 8.97. The lowest BCUT2D eigenvalue weighted by Crippen LogP contribution is -2.34. The number of thioether (sulfide) groups is 1. The molecule has 1 N–H and O–H groups in total. The quantitative estimate of drug-likeness (QED) is 0.743. The van der Waals surface area contributed by atoms with E-state index in [9.17, 15) is 4.79 Å². The van der Waals surface area contributed by atoms with Gasteiger partial charge in [-0.1, -0.05) is 31.5 Å². The maximum absolute atomic E-state index is 10.8. The van der Waals surface area contributed by atoms with Crippen molar-refractivity contribution in [1.29, 1.82) is 0 Å². The number of benzene rings is 1. The van der Waals surface area contributed by atoms with Crippen molar-refractivity contribution in [3.63, 3.8) is 0 Å². The van der Waals surface area contributed by atoms with E-state index in [0.717, 1.165) is 18.8 Å².